The zero-order valence-corrected chi connectivity index (χ0v) is 14.4. The van der Waals surface area contributed by atoms with Crippen LogP contribution >= 0.6 is 0 Å². The summed E-state index contributed by atoms with van der Waals surface area (Å²) in [6, 6.07) is 6.34. The van der Waals surface area contributed by atoms with Crippen LogP contribution in [-0.4, -0.2) is 47.4 Å². The summed E-state index contributed by atoms with van der Waals surface area (Å²) in [7, 11) is 0. The van der Waals surface area contributed by atoms with Crippen molar-refractivity contribution in [2.75, 3.05) is 19.7 Å². The molecule has 6 heteroatoms. The zero-order valence-electron chi connectivity index (χ0n) is 14.4. The Morgan fingerprint density at radius 3 is 2.50 bits per heavy atom. The molecule has 0 unspecified atom stereocenters. The van der Waals surface area contributed by atoms with Gasteiger partial charge >= 0.3 is 12.1 Å². The first kappa shape index (κ1) is 18.1. The Kier molecular flexibility index (Phi) is 5.70. The molecule has 1 atom stereocenters. The standard InChI is InChI=1S/C18H25NO5/c1-18(2,3)24-17(22)19-10-4-5-13(11-19)12-23-15-8-6-14(7-9-15)16(20)21/h6-9,13H,4-5,10-12H2,1-3H3,(H,20,21)/t13-/m0/s1. The van der Waals surface area contributed by atoms with Gasteiger partial charge in [-0.05, 0) is 57.9 Å². The van der Waals surface area contributed by atoms with Crippen LogP contribution in [0.1, 0.15) is 44.0 Å². The highest BCUT2D eigenvalue weighted by atomic mass is 16.6. The summed E-state index contributed by atoms with van der Waals surface area (Å²) in [4.78, 5) is 24.7. The number of likely N-dealkylation sites (tertiary alicyclic amines) is 1. The molecule has 1 aromatic carbocycles. The van der Waals surface area contributed by atoms with Crippen molar-refractivity contribution in [3.8, 4) is 5.75 Å². The third kappa shape index (κ3) is 5.44. The fourth-order valence-corrected chi connectivity index (χ4v) is 2.60. The van der Waals surface area contributed by atoms with Crippen LogP contribution in [0.2, 0.25) is 0 Å². The topological polar surface area (TPSA) is 76.1 Å². The average Bonchev–Trinajstić information content (AvgIpc) is 2.52. The van der Waals surface area contributed by atoms with Gasteiger partial charge in [0.2, 0.25) is 0 Å². The van der Waals surface area contributed by atoms with E-state index in [4.69, 9.17) is 14.6 Å². The molecule has 0 radical (unpaired) electrons. The lowest BCUT2D eigenvalue weighted by Gasteiger charge is -2.34. The van der Waals surface area contributed by atoms with Gasteiger partial charge in [-0.3, -0.25) is 0 Å². The largest absolute Gasteiger partial charge is 0.493 e. The van der Waals surface area contributed by atoms with E-state index in [1.54, 1.807) is 17.0 Å². The van der Waals surface area contributed by atoms with E-state index in [0.29, 0.717) is 25.4 Å². The van der Waals surface area contributed by atoms with Crippen molar-refractivity contribution >= 4 is 12.1 Å². The normalized spacial score (nSPS) is 18.1. The number of rotatable bonds is 4. The smallest absolute Gasteiger partial charge is 0.410 e. The summed E-state index contributed by atoms with van der Waals surface area (Å²) in [6.45, 7) is 7.38. The lowest BCUT2D eigenvalue weighted by atomic mass is 9.99. The molecule has 6 nitrogen and oxygen atoms in total. The second-order valence-electron chi connectivity index (χ2n) is 7.08. The molecule has 1 N–H and O–H groups in total. The van der Waals surface area contributed by atoms with Gasteiger partial charge in [0.05, 0.1) is 12.2 Å². The molecular formula is C18H25NO5. The Balaban J connectivity index is 1.84. The molecule has 1 aromatic rings. The van der Waals surface area contributed by atoms with Crippen LogP contribution in [0.4, 0.5) is 4.79 Å². The molecular weight excluding hydrogens is 310 g/mol. The van der Waals surface area contributed by atoms with E-state index in [-0.39, 0.29) is 17.6 Å². The summed E-state index contributed by atoms with van der Waals surface area (Å²) in [5.74, 6) is -0.0818. The van der Waals surface area contributed by atoms with Crippen molar-refractivity contribution in [1.29, 1.82) is 0 Å². The number of carbonyl (C=O) groups excluding carboxylic acids is 1. The predicted molar refractivity (Wildman–Crippen MR) is 89.4 cm³/mol. The average molecular weight is 335 g/mol. The molecule has 132 valence electrons. The molecule has 1 aliphatic heterocycles. The number of ether oxygens (including phenoxy) is 2. The summed E-state index contributed by atoms with van der Waals surface area (Å²) in [6.07, 6.45) is 1.63. The number of carboxylic acids is 1. The monoisotopic (exact) mass is 335 g/mol. The van der Waals surface area contributed by atoms with Crippen LogP contribution < -0.4 is 4.74 Å². The van der Waals surface area contributed by atoms with Gasteiger partial charge in [0.1, 0.15) is 11.4 Å². The Bertz CT molecular complexity index is 576. The van der Waals surface area contributed by atoms with Crippen LogP contribution in [0, 0.1) is 5.92 Å². The lowest BCUT2D eigenvalue weighted by Crippen LogP contribution is -2.44. The molecule has 1 amide bonds. The number of aromatic carboxylic acids is 1. The minimum atomic E-state index is -0.957. The van der Waals surface area contributed by atoms with E-state index in [0.717, 1.165) is 12.8 Å². The number of amides is 1. The molecule has 0 saturated carbocycles. The highest BCUT2D eigenvalue weighted by molar-refractivity contribution is 5.87. The van der Waals surface area contributed by atoms with Crippen molar-refractivity contribution < 1.29 is 24.2 Å². The SMILES string of the molecule is CC(C)(C)OC(=O)N1CCC[C@H](COc2ccc(C(=O)O)cc2)C1. The predicted octanol–water partition coefficient (Wildman–Crippen LogP) is 3.41. The molecule has 1 saturated heterocycles. The van der Waals surface area contributed by atoms with Crippen LogP contribution in [-0.2, 0) is 4.74 Å². The lowest BCUT2D eigenvalue weighted by molar-refractivity contribution is 0.0139. The number of piperidine rings is 1. The van der Waals surface area contributed by atoms with Crippen molar-refractivity contribution in [3.05, 3.63) is 29.8 Å². The van der Waals surface area contributed by atoms with Crippen molar-refractivity contribution in [1.82, 2.24) is 4.90 Å². The summed E-state index contributed by atoms with van der Waals surface area (Å²) in [5.41, 5.74) is -0.261. The van der Waals surface area contributed by atoms with Gasteiger partial charge in [0.25, 0.3) is 0 Å². The van der Waals surface area contributed by atoms with Gasteiger partial charge in [0, 0.05) is 19.0 Å². The molecule has 1 aliphatic rings. The molecule has 0 bridgehead atoms. The molecule has 0 aliphatic carbocycles. The number of carboxylic acid groups (broad SMARTS) is 1. The van der Waals surface area contributed by atoms with E-state index in [9.17, 15) is 9.59 Å². The maximum absolute atomic E-state index is 12.1. The first-order valence-corrected chi connectivity index (χ1v) is 8.19. The van der Waals surface area contributed by atoms with Gasteiger partial charge < -0.3 is 19.5 Å². The van der Waals surface area contributed by atoms with Crippen LogP contribution in [0.15, 0.2) is 24.3 Å². The maximum Gasteiger partial charge on any atom is 0.410 e. The molecule has 2 rings (SSSR count). The molecule has 24 heavy (non-hydrogen) atoms. The van der Waals surface area contributed by atoms with Gasteiger partial charge in [0.15, 0.2) is 0 Å². The maximum atomic E-state index is 12.1. The fraction of sp³-hybridized carbons (Fsp3) is 0.556. The fourth-order valence-electron chi connectivity index (χ4n) is 2.60. The van der Waals surface area contributed by atoms with Gasteiger partial charge in [-0.2, -0.15) is 0 Å². The molecule has 0 aromatic heterocycles. The number of carbonyl (C=O) groups is 2. The number of hydrogen-bond donors (Lipinski definition) is 1. The second-order valence-corrected chi connectivity index (χ2v) is 7.08. The zero-order chi connectivity index (χ0) is 17.7. The minimum absolute atomic E-state index is 0.233. The van der Waals surface area contributed by atoms with Gasteiger partial charge in [-0.15, -0.1) is 0 Å². The Hall–Kier alpha value is -2.24. The van der Waals surface area contributed by atoms with Crippen LogP contribution in [0.25, 0.3) is 0 Å². The van der Waals surface area contributed by atoms with Gasteiger partial charge in [-0.25, -0.2) is 9.59 Å². The quantitative estimate of drug-likeness (QED) is 0.912. The minimum Gasteiger partial charge on any atom is -0.493 e. The van der Waals surface area contributed by atoms with E-state index < -0.39 is 11.6 Å². The second kappa shape index (κ2) is 7.55. The van der Waals surface area contributed by atoms with E-state index in [1.165, 1.54) is 12.1 Å². The first-order chi connectivity index (χ1) is 11.2. The van der Waals surface area contributed by atoms with E-state index in [1.807, 2.05) is 20.8 Å². The summed E-state index contributed by atoms with van der Waals surface area (Å²) >= 11 is 0. The molecule has 0 spiro atoms. The molecule has 1 heterocycles. The first-order valence-electron chi connectivity index (χ1n) is 8.19. The third-order valence-corrected chi connectivity index (χ3v) is 3.76. The Morgan fingerprint density at radius 1 is 1.25 bits per heavy atom. The Labute approximate surface area is 142 Å². The van der Waals surface area contributed by atoms with Crippen molar-refractivity contribution in [3.63, 3.8) is 0 Å². The number of benzene rings is 1. The van der Waals surface area contributed by atoms with Gasteiger partial charge in [-0.1, -0.05) is 0 Å². The number of nitrogens with zero attached hydrogens (tertiary/aromatic N) is 1. The highest BCUT2D eigenvalue weighted by Crippen LogP contribution is 2.21. The van der Waals surface area contributed by atoms with Crippen LogP contribution in [0.5, 0.6) is 5.75 Å². The van der Waals surface area contributed by atoms with E-state index in [2.05, 4.69) is 0 Å². The third-order valence-electron chi connectivity index (χ3n) is 3.76. The summed E-state index contributed by atoms with van der Waals surface area (Å²) in [5, 5.41) is 8.88. The highest BCUT2D eigenvalue weighted by Gasteiger charge is 2.27. The molecule has 1 fully saturated rings. The van der Waals surface area contributed by atoms with Crippen molar-refractivity contribution in [2.45, 2.75) is 39.2 Å². The number of hydrogen-bond acceptors (Lipinski definition) is 4. The summed E-state index contributed by atoms with van der Waals surface area (Å²) < 4.78 is 11.2. The van der Waals surface area contributed by atoms with Crippen LogP contribution in [0.3, 0.4) is 0 Å². The Morgan fingerprint density at radius 2 is 1.92 bits per heavy atom. The van der Waals surface area contributed by atoms with E-state index >= 15 is 0 Å². The van der Waals surface area contributed by atoms with Crippen molar-refractivity contribution in [2.24, 2.45) is 5.92 Å².